The Morgan fingerprint density at radius 2 is 2.08 bits per heavy atom. The average Bonchev–Trinajstić information content (AvgIpc) is 2.93. The van der Waals surface area contributed by atoms with Crippen LogP contribution in [0.15, 0.2) is 16.7 Å². The van der Waals surface area contributed by atoms with Crippen LogP contribution in [0.2, 0.25) is 0 Å². The molecule has 1 unspecified atom stereocenters. The number of anilines is 1. The zero-order chi connectivity index (χ0) is 18.8. The molecule has 3 heterocycles. The maximum absolute atomic E-state index is 12.8. The Balaban J connectivity index is 1.74. The van der Waals surface area contributed by atoms with E-state index in [-0.39, 0.29) is 12.0 Å². The molecule has 0 spiro atoms. The van der Waals surface area contributed by atoms with Crippen LogP contribution in [0.1, 0.15) is 34.5 Å². The molecular weight excluding hydrogens is 332 g/mol. The Bertz CT molecular complexity index is 781. The van der Waals surface area contributed by atoms with E-state index in [0.717, 1.165) is 28.3 Å². The highest BCUT2D eigenvalue weighted by atomic mass is 16.5. The van der Waals surface area contributed by atoms with Crippen LogP contribution in [0.3, 0.4) is 0 Å². The number of amides is 1. The average molecular weight is 358 g/mol. The van der Waals surface area contributed by atoms with Gasteiger partial charge in [0.25, 0.3) is 0 Å². The Hall–Kier alpha value is -2.41. The number of pyridine rings is 1. The van der Waals surface area contributed by atoms with E-state index in [0.29, 0.717) is 31.9 Å². The highest BCUT2D eigenvalue weighted by Gasteiger charge is 2.28. The molecule has 7 nitrogen and oxygen atoms in total. The van der Waals surface area contributed by atoms with E-state index in [9.17, 15) is 4.79 Å². The van der Waals surface area contributed by atoms with Crippen molar-refractivity contribution in [3.63, 3.8) is 0 Å². The van der Waals surface area contributed by atoms with Crippen LogP contribution in [0.4, 0.5) is 5.69 Å². The summed E-state index contributed by atoms with van der Waals surface area (Å²) in [5.41, 5.74) is 4.53. The lowest BCUT2D eigenvalue weighted by Crippen LogP contribution is -2.43. The normalized spacial score (nSPS) is 17.4. The van der Waals surface area contributed by atoms with Gasteiger partial charge in [0.2, 0.25) is 5.91 Å². The number of rotatable bonds is 4. The van der Waals surface area contributed by atoms with Crippen molar-refractivity contribution < 1.29 is 14.1 Å². The van der Waals surface area contributed by atoms with E-state index in [2.05, 4.69) is 10.1 Å². The first kappa shape index (κ1) is 18.4. The van der Waals surface area contributed by atoms with Crippen LogP contribution in [0.5, 0.6) is 0 Å². The Labute approximate surface area is 153 Å². The second-order valence-corrected chi connectivity index (χ2v) is 6.96. The van der Waals surface area contributed by atoms with E-state index < -0.39 is 0 Å². The number of morpholine rings is 1. The molecule has 3 rings (SSSR count). The summed E-state index contributed by atoms with van der Waals surface area (Å²) in [5, 5.41) is 3.93. The molecule has 0 aliphatic carbocycles. The molecule has 7 heteroatoms. The molecule has 0 saturated carbocycles. The zero-order valence-corrected chi connectivity index (χ0v) is 16.1. The molecule has 0 aromatic carbocycles. The Morgan fingerprint density at radius 1 is 1.31 bits per heavy atom. The van der Waals surface area contributed by atoms with Crippen molar-refractivity contribution in [2.24, 2.45) is 0 Å². The first-order chi connectivity index (χ1) is 12.3. The number of nitrogens with zero attached hydrogens (tertiary/aromatic N) is 4. The molecule has 2 aromatic heterocycles. The summed E-state index contributed by atoms with van der Waals surface area (Å²) in [7, 11) is 4.00. The molecular formula is C19H26N4O3. The number of aryl methyl sites for hydroxylation is 3. The van der Waals surface area contributed by atoms with Crippen molar-refractivity contribution in [2.45, 2.75) is 33.3 Å². The lowest BCUT2D eigenvalue weighted by Gasteiger charge is -2.33. The number of ether oxygens (including phenoxy) is 1. The number of aromatic nitrogens is 2. The predicted octanol–water partition coefficient (Wildman–Crippen LogP) is 2.20. The molecule has 1 amide bonds. The first-order valence-corrected chi connectivity index (χ1v) is 8.82. The van der Waals surface area contributed by atoms with Gasteiger partial charge in [0.15, 0.2) is 0 Å². The number of hydrogen-bond acceptors (Lipinski definition) is 6. The predicted molar refractivity (Wildman–Crippen MR) is 98.3 cm³/mol. The first-order valence-electron chi connectivity index (χ1n) is 8.82. The van der Waals surface area contributed by atoms with E-state index in [1.807, 2.05) is 56.8 Å². The van der Waals surface area contributed by atoms with Gasteiger partial charge in [-0.3, -0.25) is 9.78 Å². The number of hydrogen-bond donors (Lipinski definition) is 0. The molecule has 2 aromatic rings. The third kappa shape index (κ3) is 3.88. The fraction of sp³-hybridized carbons (Fsp3) is 0.526. The minimum absolute atomic E-state index is 0.0631. The molecule has 1 aliphatic heterocycles. The van der Waals surface area contributed by atoms with Gasteiger partial charge in [-0.2, -0.15) is 0 Å². The smallest absolute Gasteiger partial charge is 0.227 e. The lowest BCUT2D eigenvalue weighted by molar-refractivity contribution is -0.138. The molecule has 26 heavy (non-hydrogen) atoms. The lowest BCUT2D eigenvalue weighted by atomic mass is 10.1. The Morgan fingerprint density at radius 3 is 2.73 bits per heavy atom. The van der Waals surface area contributed by atoms with Crippen molar-refractivity contribution in [2.75, 3.05) is 38.7 Å². The summed E-state index contributed by atoms with van der Waals surface area (Å²) in [5.74, 6) is 0.768. The molecule has 1 atom stereocenters. The SMILES string of the molecule is Cc1cc(N(C)C)cc(C2CN(C(=O)Cc3c(C)noc3C)CCO2)n1. The molecule has 1 fully saturated rings. The monoisotopic (exact) mass is 358 g/mol. The number of carbonyl (C=O) groups excluding carboxylic acids is 1. The van der Waals surface area contributed by atoms with Gasteiger partial charge in [0.1, 0.15) is 11.9 Å². The second kappa shape index (κ2) is 7.45. The minimum atomic E-state index is -0.212. The van der Waals surface area contributed by atoms with Gasteiger partial charge in [-0.05, 0) is 32.9 Å². The van der Waals surface area contributed by atoms with Gasteiger partial charge in [-0.1, -0.05) is 5.16 Å². The van der Waals surface area contributed by atoms with Gasteiger partial charge in [0, 0.05) is 37.6 Å². The van der Waals surface area contributed by atoms with Crippen molar-refractivity contribution in [1.82, 2.24) is 15.0 Å². The molecule has 1 saturated heterocycles. The van der Waals surface area contributed by atoms with Crippen molar-refractivity contribution in [3.8, 4) is 0 Å². The summed E-state index contributed by atoms with van der Waals surface area (Å²) in [6.45, 7) is 7.27. The molecule has 140 valence electrons. The van der Waals surface area contributed by atoms with Gasteiger partial charge in [0.05, 0.1) is 31.0 Å². The quantitative estimate of drug-likeness (QED) is 0.834. The van der Waals surface area contributed by atoms with E-state index in [1.165, 1.54) is 0 Å². The standard InChI is InChI=1S/C19H26N4O3/c1-12-8-15(22(4)5)9-17(20-12)18-11-23(6-7-25-18)19(24)10-16-13(2)21-26-14(16)3/h8-9,18H,6-7,10-11H2,1-5H3. The van der Waals surface area contributed by atoms with Crippen molar-refractivity contribution in [3.05, 3.63) is 40.5 Å². The summed E-state index contributed by atoms with van der Waals surface area (Å²) in [4.78, 5) is 21.3. The van der Waals surface area contributed by atoms with Gasteiger partial charge >= 0.3 is 0 Å². The van der Waals surface area contributed by atoms with Gasteiger partial charge in [-0.15, -0.1) is 0 Å². The molecule has 0 bridgehead atoms. The summed E-state index contributed by atoms with van der Waals surface area (Å²) < 4.78 is 11.1. The van der Waals surface area contributed by atoms with Crippen LogP contribution >= 0.6 is 0 Å². The van der Waals surface area contributed by atoms with E-state index in [1.54, 1.807) is 0 Å². The fourth-order valence-corrected chi connectivity index (χ4v) is 3.17. The third-order valence-corrected chi connectivity index (χ3v) is 4.73. The Kier molecular flexibility index (Phi) is 5.27. The highest BCUT2D eigenvalue weighted by molar-refractivity contribution is 5.79. The van der Waals surface area contributed by atoms with Crippen LogP contribution in [0.25, 0.3) is 0 Å². The van der Waals surface area contributed by atoms with Gasteiger partial charge in [-0.25, -0.2) is 0 Å². The van der Waals surface area contributed by atoms with Crippen LogP contribution < -0.4 is 4.90 Å². The topological polar surface area (TPSA) is 71.7 Å². The van der Waals surface area contributed by atoms with Crippen LogP contribution in [-0.2, 0) is 16.0 Å². The van der Waals surface area contributed by atoms with Crippen molar-refractivity contribution in [1.29, 1.82) is 0 Å². The maximum Gasteiger partial charge on any atom is 0.227 e. The maximum atomic E-state index is 12.8. The number of carbonyl (C=O) groups is 1. The molecule has 0 N–H and O–H groups in total. The van der Waals surface area contributed by atoms with E-state index >= 15 is 0 Å². The molecule has 0 radical (unpaired) electrons. The minimum Gasteiger partial charge on any atom is -0.378 e. The van der Waals surface area contributed by atoms with Crippen molar-refractivity contribution >= 4 is 11.6 Å². The third-order valence-electron chi connectivity index (χ3n) is 4.73. The van der Waals surface area contributed by atoms with Crippen LogP contribution in [-0.4, -0.2) is 54.7 Å². The summed E-state index contributed by atoms with van der Waals surface area (Å²) >= 11 is 0. The second-order valence-electron chi connectivity index (χ2n) is 6.96. The largest absolute Gasteiger partial charge is 0.378 e. The van der Waals surface area contributed by atoms with E-state index in [4.69, 9.17) is 9.26 Å². The zero-order valence-electron chi connectivity index (χ0n) is 16.1. The summed E-state index contributed by atoms with van der Waals surface area (Å²) in [6.07, 6.45) is 0.0916. The van der Waals surface area contributed by atoms with Crippen LogP contribution in [0, 0.1) is 20.8 Å². The van der Waals surface area contributed by atoms with Gasteiger partial charge < -0.3 is 19.1 Å². The fourth-order valence-electron chi connectivity index (χ4n) is 3.17. The summed E-state index contributed by atoms with van der Waals surface area (Å²) in [6, 6.07) is 4.06. The molecule has 1 aliphatic rings. The highest BCUT2D eigenvalue weighted by Crippen LogP contribution is 2.25.